The van der Waals surface area contributed by atoms with Gasteiger partial charge in [-0.15, -0.1) is 0 Å². The first-order valence-electron chi connectivity index (χ1n) is 6.33. The highest BCUT2D eigenvalue weighted by Crippen LogP contribution is 2.31. The molecule has 1 fully saturated rings. The Hall–Kier alpha value is -1.86. The molecule has 0 bridgehead atoms. The van der Waals surface area contributed by atoms with Gasteiger partial charge in [0.2, 0.25) is 0 Å². The maximum Gasteiger partial charge on any atom is 0.275 e. The van der Waals surface area contributed by atoms with Crippen molar-refractivity contribution in [1.29, 1.82) is 0 Å². The first-order valence-corrected chi connectivity index (χ1v) is 7.15. The smallest absolute Gasteiger partial charge is 0.275 e. The Balaban J connectivity index is 1.84. The molecule has 1 aliphatic heterocycles. The van der Waals surface area contributed by atoms with E-state index in [1.54, 1.807) is 6.07 Å². The third-order valence-corrected chi connectivity index (χ3v) is 4.20. The number of nitrogens with zero attached hydrogens (tertiary/aromatic N) is 1. The Morgan fingerprint density at radius 2 is 2.40 bits per heavy atom. The molecule has 1 saturated heterocycles. The number of rotatable bonds is 4. The number of anilines is 1. The van der Waals surface area contributed by atoms with E-state index in [4.69, 9.17) is 20.9 Å². The van der Waals surface area contributed by atoms with E-state index in [9.17, 15) is 4.79 Å². The van der Waals surface area contributed by atoms with Gasteiger partial charge in [-0.25, -0.2) is 4.98 Å². The fraction of sp³-hybridized carbons (Fsp3) is 0.385. The van der Waals surface area contributed by atoms with Gasteiger partial charge in [-0.1, -0.05) is 11.3 Å². The highest BCUT2D eigenvalue weighted by atomic mass is 32.1. The average molecular weight is 293 g/mol. The number of aromatic nitrogens is 1. The Bertz CT molecular complexity index is 637. The van der Waals surface area contributed by atoms with Crippen LogP contribution in [0.25, 0.3) is 10.2 Å². The van der Waals surface area contributed by atoms with E-state index in [-0.39, 0.29) is 5.92 Å². The average Bonchev–Trinajstić information content (AvgIpc) is 3.03. The zero-order valence-electron chi connectivity index (χ0n) is 10.7. The maximum absolute atomic E-state index is 11.6. The van der Waals surface area contributed by atoms with Crippen molar-refractivity contribution in [3.8, 4) is 5.19 Å². The van der Waals surface area contributed by atoms with Crippen LogP contribution < -0.4 is 16.2 Å². The van der Waals surface area contributed by atoms with Crippen molar-refractivity contribution in [1.82, 2.24) is 4.98 Å². The van der Waals surface area contributed by atoms with Crippen molar-refractivity contribution in [3.05, 3.63) is 18.2 Å². The van der Waals surface area contributed by atoms with Crippen LogP contribution in [0, 0.1) is 5.92 Å². The summed E-state index contributed by atoms with van der Waals surface area (Å²) < 4.78 is 11.9. The summed E-state index contributed by atoms with van der Waals surface area (Å²) in [5.41, 5.74) is 12.6. The topological polar surface area (TPSA) is 100 Å². The van der Waals surface area contributed by atoms with Gasteiger partial charge < -0.3 is 20.9 Å². The fourth-order valence-corrected chi connectivity index (χ4v) is 3.15. The summed E-state index contributed by atoms with van der Waals surface area (Å²) >= 11 is 1.35. The number of nitrogens with two attached hydrogens (primary N) is 2. The summed E-state index contributed by atoms with van der Waals surface area (Å²) in [4.78, 5) is 15.9. The van der Waals surface area contributed by atoms with Crippen LogP contribution in [0.15, 0.2) is 18.2 Å². The molecule has 0 radical (unpaired) electrons. The number of carbonyl (C=O) groups excluding carboxylic acids is 1. The quantitative estimate of drug-likeness (QED) is 0.823. The van der Waals surface area contributed by atoms with Crippen LogP contribution >= 0.6 is 11.3 Å². The lowest BCUT2D eigenvalue weighted by Gasteiger charge is -2.18. The molecule has 106 valence electrons. The number of carbonyl (C=O) groups is 1. The van der Waals surface area contributed by atoms with E-state index in [1.165, 1.54) is 11.3 Å². The second kappa shape index (κ2) is 5.26. The molecule has 1 aliphatic rings. The zero-order valence-corrected chi connectivity index (χ0v) is 11.6. The summed E-state index contributed by atoms with van der Waals surface area (Å²) in [6.07, 6.45) is 0.0706. The maximum atomic E-state index is 11.6. The number of benzene rings is 1. The van der Waals surface area contributed by atoms with Crippen molar-refractivity contribution in [2.45, 2.75) is 12.5 Å². The van der Waals surface area contributed by atoms with Gasteiger partial charge in [0.05, 0.1) is 16.8 Å². The van der Waals surface area contributed by atoms with Crippen molar-refractivity contribution in [3.63, 3.8) is 0 Å². The fourth-order valence-electron chi connectivity index (χ4n) is 2.26. The summed E-state index contributed by atoms with van der Waals surface area (Å²) in [5.74, 6) is -0.496. The molecule has 2 atom stereocenters. The van der Waals surface area contributed by atoms with E-state index in [1.807, 2.05) is 12.1 Å². The molecule has 3 rings (SSSR count). The second-order valence-electron chi connectivity index (χ2n) is 4.77. The van der Waals surface area contributed by atoms with Crippen LogP contribution in [0.2, 0.25) is 0 Å². The van der Waals surface area contributed by atoms with Gasteiger partial charge in [0.15, 0.2) is 6.10 Å². The third kappa shape index (κ3) is 2.54. The molecule has 20 heavy (non-hydrogen) atoms. The molecule has 1 aromatic heterocycles. The lowest BCUT2D eigenvalue weighted by Crippen LogP contribution is -2.40. The summed E-state index contributed by atoms with van der Waals surface area (Å²) in [6, 6.07) is 5.44. The van der Waals surface area contributed by atoms with Gasteiger partial charge in [-0.3, -0.25) is 4.79 Å². The molecular formula is C13H15N3O3S. The molecule has 0 saturated carbocycles. The van der Waals surface area contributed by atoms with E-state index in [0.717, 1.165) is 16.6 Å². The lowest BCUT2D eigenvalue weighted by atomic mass is 10.0. The van der Waals surface area contributed by atoms with Crippen LogP contribution in [0.3, 0.4) is 0 Å². The van der Waals surface area contributed by atoms with Gasteiger partial charge in [0.25, 0.3) is 11.1 Å². The van der Waals surface area contributed by atoms with Gasteiger partial charge in [-0.05, 0) is 24.6 Å². The van der Waals surface area contributed by atoms with Crippen LogP contribution in [-0.4, -0.2) is 30.2 Å². The Labute approximate surface area is 119 Å². The first kappa shape index (κ1) is 13.1. The molecule has 7 heteroatoms. The summed E-state index contributed by atoms with van der Waals surface area (Å²) in [7, 11) is 0. The van der Waals surface area contributed by atoms with E-state index < -0.39 is 12.0 Å². The van der Waals surface area contributed by atoms with Crippen molar-refractivity contribution >= 4 is 33.1 Å². The van der Waals surface area contributed by atoms with Gasteiger partial charge >= 0.3 is 0 Å². The number of fused-ring (bicyclic) bond motifs is 1. The molecule has 0 aliphatic carbocycles. The Morgan fingerprint density at radius 1 is 1.55 bits per heavy atom. The minimum absolute atomic E-state index is 0.00965. The SMILES string of the molecule is NC(=O)C(Oc1nc2ccc(N)cc2s1)C1CCOC1. The molecule has 4 N–H and O–H groups in total. The van der Waals surface area contributed by atoms with Crippen molar-refractivity contribution in [2.24, 2.45) is 11.7 Å². The largest absolute Gasteiger partial charge is 0.456 e. The molecular weight excluding hydrogens is 278 g/mol. The molecule has 2 unspecified atom stereocenters. The number of hydrogen-bond donors (Lipinski definition) is 2. The van der Waals surface area contributed by atoms with Crippen molar-refractivity contribution in [2.75, 3.05) is 18.9 Å². The molecule has 0 spiro atoms. The number of amides is 1. The zero-order chi connectivity index (χ0) is 14.1. The summed E-state index contributed by atoms with van der Waals surface area (Å²) in [5, 5.41) is 0.432. The normalized spacial score (nSPS) is 20.1. The third-order valence-electron chi connectivity index (χ3n) is 3.29. The molecule has 2 aromatic rings. The Kier molecular flexibility index (Phi) is 3.45. The summed E-state index contributed by atoms with van der Waals surface area (Å²) in [6.45, 7) is 1.12. The number of primary amides is 1. The predicted octanol–water partition coefficient (Wildman–Crippen LogP) is 1.15. The first-order chi connectivity index (χ1) is 9.63. The van der Waals surface area contributed by atoms with E-state index in [2.05, 4.69) is 4.98 Å². The van der Waals surface area contributed by atoms with Gasteiger partial charge in [0, 0.05) is 18.2 Å². The number of hydrogen-bond acceptors (Lipinski definition) is 6. The number of thiazole rings is 1. The van der Waals surface area contributed by atoms with Crippen LogP contribution in [-0.2, 0) is 9.53 Å². The van der Waals surface area contributed by atoms with Crippen LogP contribution in [0.5, 0.6) is 5.19 Å². The second-order valence-corrected chi connectivity index (χ2v) is 5.76. The highest BCUT2D eigenvalue weighted by molar-refractivity contribution is 7.20. The lowest BCUT2D eigenvalue weighted by molar-refractivity contribution is -0.127. The van der Waals surface area contributed by atoms with Crippen LogP contribution in [0.1, 0.15) is 6.42 Å². The van der Waals surface area contributed by atoms with Gasteiger partial charge in [0.1, 0.15) is 0 Å². The predicted molar refractivity (Wildman–Crippen MR) is 76.6 cm³/mol. The van der Waals surface area contributed by atoms with E-state index in [0.29, 0.717) is 24.1 Å². The molecule has 1 amide bonds. The number of ether oxygens (including phenoxy) is 2. The molecule has 6 nitrogen and oxygen atoms in total. The highest BCUT2D eigenvalue weighted by Gasteiger charge is 2.32. The minimum atomic E-state index is -0.699. The van der Waals surface area contributed by atoms with Crippen molar-refractivity contribution < 1.29 is 14.3 Å². The Morgan fingerprint density at radius 3 is 3.10 bits per heavy atom. The van der Waals surface area contributed by atoms with E-state index >= 15 is 0 Å². The van der Waals surface area contributed by atoms with Gasteiger partial charge in [-0.2, -0.15) is 0 Å². The number of nitrogen functional groups attached to an aromatic ring is 1. The van der Waals surface area contributed by atoms with Crippen LogP contribution in [0.4, 0.5) is 5.69 Å². The molecule has 1 aromatic carbocycles. The monoisotopic (exact) mass is 293 g/mol. The molecule has 2 heterocycles. The standard InChI is InChI=1S/C13H15N3O3S/c14-8-1-2-9-10(5-8)20-13(16-9)19-11(12(15)17)7-3-4-18-6-7/h1-2,5,7,11H,3-4,6,14H2,(H2,15,17). The minimum Gasteiger partial charge on any atom is -0.456 e.